The smallest absolute Gasteiger partial charge is 0.293 e. The van der Waals surface area contributed by atoms with Crippen molar-refractivity contribution in [3.05, 3.63) is 64.6 Å². The zero-order valence-electron chi connectivity index (χ0n) is 16.0. The number of nitrogens with zero attached hydrogens (tertiary/aromatic N) is 2. The first-order valence-electron chi connectivity index (χ1n) is 9.18. The van der Waals surface area contributed by atoms with Crippen molar-refractivity contribution in [2.45, 2.75) is 13.3 Å². The van der Waals surface area contributed by atoms with Crippen molar-refractivity contribution >= 4 is 29.0 Å². The van der Waals surface area contributed by atoms with Crippen molar-refractivity contribution in [1.29, 1.82) is 5.26 Å². The summed E-state index contributed by atoms with van der Waals surface area (Å²) in [5.74, 6) is 0.653. The Labute approximate surface area is 173 Å². The van der Waals surface area contributed by atoms with Crippen LogP contribution < -0.4 is 9.47 Å². The number of ether oxygens (including phenoxy) is 2. The largest absolute Gasteiger partial charge is 0.490 e. The van der Waals surface area contributed by atoms with Gasteiger partial charge in [0.2, 0.25) is 0 Å². The van der Waals surface area contributed by atoms with Crippen molar-refractivity contribution < 1.29 is 19.1 Å². The maximum Gasteiger partial charge on any atom is 0.293 e. The molecule has 0 spiro atoms. The highest BCUT2D eigenvalue weighted by Gasteiger charge is 2.34. The first kappa shape index (κ1) is 20.5. The third kappa shape index (κ3) is 5.18. The molecule has 1 aliphatic rings. The number of rotatable bonds is 8. The molecule has 148 valence electrons. The number of nitriles is 1. The summed E-state index contributed by atoms with van der Waals surface area (Å²) in [6.45, 7) is 2.54. The molecule has 0 N–H and O–H groups in total. The molecule has 1 saturated heterocycles. The van der Waals surface area contributed by atoms with Crippen LogP contribution in [0.2, 0.25) is 0 Å². The molecule has 1 heterocycles. The monoisotopic (exact) mass is 408 g/mol. The number of benzene rings is 2. The predicted molar refractivity (Wildman–Crippen MR) is 112 cm³/mol. The fourth-order valence-electron chi connectivity index (χ4n) is 2.84. The second-order valence-corrected chi connectivity index (χ2v) is 7.15. The Morgan fingerprint density at radius 3 is 2.62 bits per heavy atom. The minimum atomic E-state index is -0.293. The van der Waals surface area contributed by atoms with Gasteiger partial charge in [-0.15, -0.1) is 0 Å². The average Bonchev–Trinajstić information content (AvgIpc) is 2.99. The van der Waals surface area contributed by atoms with Gasteiger partial charge in [0.25, 0.3) is 11.1 Å². The fourth-order valence-corrected chi connectivity index (χ4v) is 3.71. The Bertz CT molecular complexity index is 967. The van der Waals surface area contributed by atoms with Crippen LogP contribution in [-0.4, -0.2) is 35.8 Å². The minimum Gasteiger partial charge on any atom is -0.490 e. The lowest BCUT2D eigenvalue weighted by atomic mass is 10.1. The molecular formula is C22H20N2O4S. The van der Waals surface area contributed by atoms with Crippen molar-refractivity contribution in [2.75, 3.05) is 19.8 Å². The van der Waals surface area contributed by atoms with Crippen LogP contribution in [0.15, 0.2) is 53.4 Å². The van der Waals surface area contributed by atoms with Gasteiger partial charge in [0, 0.05) is 6.54 Å². The molecule has 0 atom stereocenters. The normalized spacial score (nSPS) is 14.9. The van der Waals surface area contributed by atoms with Crippen LogP contribution in [0.5, 0.6) is 11.5 Å². The first-order valence-corrected chi connectivity index (χ1v) is 10.00. The number of amides is 2. The highest BCUT2D eigenvalue weighted by molar-refractivity contribution is 8.18. The summed E-state index contributed by atoms with van der Waals surface area (Å²) < 4.78 is 10.9. The van der Waals surface area contributed by atoms with Gasteiger partial charge >= 0.3 is 0 Å². The van der Waals surface area contributed by atoms with E-state index in [4.69, 9.17) is 14.7 Å². The van der Waals surface area contributed by atoms with Crippen molar-refractivity contribution in [3.8, 4) is 17.6 Å². The zero-order valence-corrected chi connectivity index (χ0v) is 16.8. The van der Waals surface area contributed by atoms with Crippen molar-refractivity contribution in [2.24, 2.45) is 0 Å². The number of carbonyl (C=O) groups is 2. The van der Waals surface area contributed by atoms with Gasteiger partial charge in [-0.05, 0) is 54.4 Å². The van der Waals surface area contributed by atoms with Crippen molar-refractivity contribution in [3.63, 3.8) is 0 Å². The van der Waals surface area contributed by atoms with Crippen LogP contribution >= 0.6 is 11.8 Å². The van der Waals surface area contributed by atoms with Crippen molar-refractivity contribution in [1.82, 2.24) is 4.90 Å². The molecule has 29 heavy (non-hydrogen) atoms. The molecule has 0 bridgehead atoms. The SMILES string of the molecule is CCOc1cc(/C=C2\SC(=O)N(CCc3ccccc3)C2=O)ccc1OCC#N. The Morgan fingerprint density at radius 2 is 1.90 bits per heavy atom. The molecule has 7 heteroatoms. The lowest BCUT2D eigenvalue weighted by molar-refractivity contribution is -0.122. The van der Waals surface area contributed by atoms with E-state index in [-0.39, 0.29) is 17.8 Å². The third-order valence-corrected chi connectivity index (χ3v) is 5.11. The number of carbonyl (C=O) groups excluding carboxylic acids is 2. The van der Waals surface area contributed by atoms with E-state index in [2.05, 4.69) is 0 Å². The van der Waals surface area contributed by atoms with Gasteiger partial charge in [-0.25, -0.2) is 0 Å². The highest BCUT2D eigenvalue weighted by Crippen LogP contribution is 2.34. The van der Waals surface area contributed by atoms with Gasteiger partial charge in [-0.3, -0.25) is 14.5 Å². The average molecular weight is 408 g/mol. The van der Waals surface area contributed by atoms with Gasteiger partial charge in [-0.1, -0.05) is 36.4 Å². The fraction of sp³-hybridized carbons (Fsp3) is 0.227. The molecule has 0 aliphatic carbocycles. The molecule has 1 aliphatic heterocycles. The quantitative estimate of drug-likeness (QED) is 0.607. The predicted octanol–water partition coefficient (Wildman–Crippen LogP) is 4.27. The van der Waals surface area contributed by atoms with Crippen LogP contribution in [0, 0.1) is 11.3 Å². The van der Waals surface area contributed by atoms with E-state index in [1.165, 1.54) is 4.90 Å². The summed E-state index contributed by atoms with van der Waals surface area (Å²) in [6.07, 6.45) is 2.29. The summed E-state index contributed by atoms with van der Waals surface area (Å²) in [4.78, 5) is 26.6. The first-order chi connectivity index (χ1) is 14.1. The minimum absolute atomic E-state index is 0.0836. The van der Waals surface area contributed by atoms with Gasteiger partial charge < -0.3 is 9.47 Å². The zero-order chi connectivity index (χ0) is 20.6. The van der Waals surface area contributed by atoms with Crippen LogP contribution in [0.3, 0.4) is 0 Å². The number of hydrogen-bond donors (Lipinski definition) is 0. The van der Waals surface area contributed by atoms with Crippen LogP contribution in [0.4, 0.5) is 4.79 Å². The summed E-state index contributed by atoms with van der Waals surface area (Å²) in [5.41, 5.74) is 1.79. The Hall–Kier alpha value is -3.24. The summed E-state index contributed by atoms with van der Waals surface area (Å²) in [5, 5.41) is 8.42. The molecule has 0 unspecified atom stereocenters. The van der Waals surface area contributed by atoms with Gasteiger partial charge in [0.05, 0.1) is 11.5 Å². The van der Waals surface area contributed by atoms with E-state index in [1.54, 1.807) is 24.3 Å². The van der Waals surface area contributed by atoms with Gasteiger partial charge in [0.1, 0.15) is 6.07 Å². The van der Waals surface area contributed by atoms with Crippen LogP contribution in [-0.2, 0) is 11.2 Å². The maximum absolute atomic E-state index is 12.7. The highest BCUT2D eigenvalue weighted by atomic mass is 32.2. The molecule has 1 fully saturated rings. The Balaban J connectivity index is 1.74. The van der Waals surface area contributed by atoms with Crippen LogP contribution in [0.1, 0.15) is 18.1 Å². The molecule has 6 nitrogen and oxygen atoms in total. The molecule has 2 aromatic carbocycles. The summed E-state index contributed by atoms with van der Waals surface area (Å²) >= 11 is 0.932. The lowest BCUT2D eigenvalue weighted by Crippen LogP contribution is -2.30. The number of hydrogen-bond acceptors (Lipinski definition) is 6. The Morgan fingerprint density at radius 1 is 1.10 bits per heavy atom. The molecule has 0 radical (unpaired) electrons. The van der Waals surface area contributed by atoms with E-state index in [0.717, 1.165) is 17.3 Å². The molecule has 3 rings (SSSR count). The number of imide groups is 1. The third-order valence-electron chi connectivity index (χ3n) is 4.20. The second kappa shape index (κ2) is 9.80. The number of thioether (sulfide) groups is 1. The van der Waals surface area contributed by atoms with E-state index < -0.39 is 0 Å². The second-order valence-electron chi connectivity index (χ2n) is 6.15. The molecular weight excluding hydrogens is 388 g/mol. The van der Waals surface area contributed by atoms with E-state index in [1.807, 2.05) is 43.3 Å². The Kier molecular flexibility index (Phi) is 6.93. The van der Waals surface area contributed by atoms with E-state index >= 15 is 0 Å². The topological polar surface area (TPSA) is 79.6 Å². The molecule has 2 amide bonds. The lowest BCUT2D eigenvalue weighted by Gasteiger charge is -2.12. The van der Waals surface area contributed by atoms with E-state index in [9.17, 15) is 9.59 Å². The summed E-state index contributed by atoms with van der Waals surface area (Å²) in [6, 6.07) is 16.8. The van der Waals surface area contributed by atoms with Gasteiger partial charge in [0.15, 0.2) is 18.1 Å². The molecule has 0 saturated carbocycles. The molecule has 2 aromatic rings. The maximum atomic E-state index is 12.7. The van der Waals surface area contributed by atoms with Crippen LogP contribution in [0.25, 0.3) is 6.08 Å². The van der Waals surface area contributed by atoms with Gasteiger partial charge in [-0.2, -0.15) is 5.26 Å². The summed E-state index contributed by atoms with van der Waals surface area (Å²) in [7, 11) is 0. The molecule has 0 aromatic heterocycles. The standard InChI is InChI=1S/C22H20N2O4S/c1-2-27-19-14-17(8-9-18(19)28-13-11-23)15-20-21(25)24(22(26)29-20)12-10-16-6-4-3-5-7-16/h3-9,14-15H,2,10,12-13H2,1H3/b20-15-. The van der Waals surface area contributed by atoms with E-state index in [0.29, 0.717) is 41.5 Å².